The molecular formula is C22H32N4O2S. The van der Waals surface area contributed by atoms with Crippen molar-refractivity contribution >= 4 is 17.3 Å². The SMILES string of the molecule is CCNC(=NCCc1cccs1)NC1CCN(Cc2cc(OC)cc(OC)c2)C1. The Kier molecular flexibility index (Phi) is 8.19. The molecule has 1 saturated heterocycles. The second kappa shape index (κ2) is 11.1. The second-order valence-corrected chi connectivity index (χ2v) is 8.21. The van der Waals surface area contributed by atoms with Gasteiger partial charge in [-0.1, -0.05) is 6.07 Å². The maximum absolute atomic E-state index is 5.39. The zero-order valence-corrected chi connectivity index (χ0v) is 18.4. The highest BCUT2D eigenvalue weighted by molar-refractivity contribution is 7.09. The van der Waals surface area contributed by atoms with E-state index in [4.69, 9.17) is 14.5 Å². The lowest BCUT2D eigenvalue weighted by atomic mass is 10.2. The highest BCUT2D eigenvalue weighted by atomic mass is 32.1. The number of aliphatic imine (C=N–C) groups is 1. The number of nitrogens with zero attached hydrogens (tertiary/aromatic N) is 2. The van der Waals surface area contributed by atoms with Gasteiger partial charge >= 0.3 is 0 Å². The number of nitrogens with one attached hydrogen (secondary N) is 2. The van der Waals surface area contributed by atoms with Crippen LogP contribution in [0.1, 0.15) is 23.8 Å². The first kappa shape index (κ1) is 21.5. The fourth-order valence-corrected chi connectivity index (χ4v) is 4.25. The molecular weight excluding hydrogens is 384 g/mol. The summed E-state index contributed by atoms with van der Waals surface area (Å²) in [6.45, 7) is 6.72. The lowest BCUT2D eigenvalue weighted by Gasteiger charge is -2.19. The Hall–Kier alpha value is -2.25. The van der Waals surface area contributed by atoms with Gasteiger partial charge in [-0.2, -0.15) is 0 Å². The predicted molar refractivity (Wildman–Crippen MR) is 120 cm³/mol. The molecule has 2 N–H and O–H groups in total. The first-order chi connectivity index (χ1) is 14.2. The van der Waals surface area contributed by atoms with E-state index >= 15 is 0 Å². The van der Waals surface area contributed by atoms with E-state index < -0.39 is 0 Å². The Morgan fingerprint density at radius 1 is 1.24 bits per heavy atom. The number of benzene rings is 1. The monoisotopic (exact) mass is 416 g/mol. The molecule has 0 radical (unpaired) electrons. The van der Waals surface area contributed by atoms with E-state index in [1.807, 2.05) is 6.07 Å². The third kappa shape index (κ3) is 6.65. The van der Waals surface area contributed by atoms with Crippen LogP contribution >= 0.6 is 11.3 Å². The highest BCUT2D eigenvalue weighted by Gasteiger charge is 2.23. The summed E-state index contributed by atoms with van der Waals surface area (Å²) >= 11 is 1.79. The minimum absolute atomic E-state index is 0.405. The minimum atomic E-state index is 0.405. The molecule has 2 aromatic rings. The zero-order valence-electron chi connectivity index (χ0n) is 17.6. The van der Waals surface area contributed by atoms with Crippen LogP contribution < -0.4 is 20.1 Å². The number of guanidine groups is 1. The first-order valence-electron chi connectivity index (χ1n) is 10.2. The van der Waals surface area contributed by atoms with Gasteiger partial charge in [0.15, 0.2) is 5.96 Å². The zero-order chi connectivity index (χ0) is 20.5. The number of hydrogen-bond donors (Lipinski definition) is 2. The molecule has 1 aliphatic rings. The van der Waals surface area contributed by atoms with Crippen LogP contribution in [0, 0.1) is 0 Å². The van der Waals surface area contributed by atoms with Gasteiger partial charge in [0.1, 0.15) is 11.5 Å². The maximum Gasteiger partial charge on any atom is 0.191 e. The van der Waals surface area contributed by atoms with E-state index in [1.165, 1.54) is 10.4 Å². The van der Waals surface area contributed by atoms with Crippen LogP contribution in [-0.4, -0.2) is 57.3 Å². The van der Waals surface area contributed by atoms with Gasteiger partial charge in [-0.05, 0) is 42.5 Å². The number of thiophene rings is 1. The number of rotatable bonds is 9. The topological polar surface area (TPSA) is 58.1 Å². The summed E-state index contributed by atoms with van der Waals surface area (Å²) in [5, 5.41) is 9.10. The summed E-state index contributed by atoms with van der Waals surface area (Å²) in [7, 11) is 3.38. The molecule has 2 heterocycles. The normalized spacial score (nSPS) is 17.3. The third-order valence-electron chi connectivity index (χ3n) is 4.98. The minimum Gasteiger partial charge on any atom is -0.497 e. The van der Waals surface area contributed by atoms with Crippen LogP contribution in [0.4, 0.5) is 0 Å². The smallest absolute Gasteiger partial charge is 0.191 e. The van der Waals surface area contributed by atoms with Gasteiger partial charge in [-0.15, -0.1) is 11.3 Å². The van der Waals surface area contributed by atoms with Crippen molar-refractivity contribution in [2.24, 2.45) is 4.99 Å². The maximum atomic E-state index is 5.39. The summed E-state index contributed by atoms with van der Waals surface area (Å²) in [6.07, 6.45) is 2.10. The molecule has 1 unspecified atom stereocenters. The van der Waals surface area contributed by atoms with Crippen LogP contribution in [-0.2, 0) is 13.0 Å². The quantitative estimate of drug-likeness (QED) is 0.486. The van der Waals surface area contributed by atoms with Crippen LogP contribution in [0.25, 0.3) is 0 Å². The Balaban J connectivity index is 1.52. The Morgan fingerprint density at radius 2 is 2.03 bits per heavy atom. The fourth-order valence-electron chi connectivity index (χ4n) is 3.56. The molecule has 6 nitrogen and oxygen atoms in total. The summed E-state index contributed by atoms with van der Waals surface area (Å²) < 4.78 is 10.8. The van der Waals surface area contributed by atoms with E-state index in [0.29, 0.717) is 6.04 Å². The predicted octanol–water partition coefficient (Wildman–Crippen LogP) is 3.14. The lowest BCUT2D eigenvalue weighted by molar-refractivity contribution is 0.321. The van der Waals surface area contributed by atoms with E-state index in [1.54, 1.807) is 25.6 Å². The standard InChI is InChI=1S/C22H32N4O2S/c1-4-23-22(24-9-7-21-6-5-11-29-21)25-18-8-10-26(16-18)15-17-12-19(27-2)14-20(13-17)28-3/h5-6,11-14,18H,4,7-10,15-16H2,1-3H3,(H2,23,24,25). The molecule has 1 fully saturated rings. The molecule has 0 aliphatic carbocycles. The average Bonchev–Trinajstić information content (AvgIpc) is 3.40. The van der Waals surface area contributed by atoms with Gasteiger partial charge in [0.2, 0.25) is 0 Å². The van der Waals surface area contributed by atoms with E-state index in [0.717, 1.165) is 63.0 Å². The molecule has 1 aromatic carbocycles. The molecule has 1 aliphatic heterocycles. The second-order valence-electron chi connectivity index (χ2n) is 7.18. The summed E-state index contributed by atoms with van der Waals surface area (Å²) in [5.74, 6) is 2.58. The van der Waals surface area contributed by atoms with E-state index in [-0.39, 0.29) is 0 Å². The fraction of sp³-hybridized carbons (Fsp3) is 0.500. The highest BCUT2D eigenvalue weighted by Crippen LogP contribution is 2.24. The van der Waals surface area contributed by atoms with Crippen molar-refractivity contribution in [1.29, 1.82) is 0 Å². The van der Waals surface area contributed by atoms with Gasteiger partial charge in [-0.25, -0.2) is 0 Å². The first-order valence-corrected chi connectivity index (χ1v) is 11.1. The van der Waals surface area contributed by atoms with Gasteiger partial charge < -0.3 is 20.1 Å². The van der Waals surface area contributed by atoms with Crippen LogP contribution in [0.3, 0.4) is 0 Å². The van der Waals surface area contributed by atoms with Gasteiger partial charge in [0, 0.05) is 56.1 Å². The van der Waals surface area contributed by atoms with Crippen molar-refractivity contribution in [2.45, 2.75) is 32.4 Å². The van der Waals surface area contributed by atoms with Crippen molar-refractivity contribution < 1.29 is 9.47 Å². The lowest BCUT2D eigenvalue weighted by Crippen LogP contribution is -2.44. The number of ether oxygens (including phenoxy) is 2. The molecule has 0 bridgehead atoms. The third-order valence-corrected chi connectivity index (χ3v) is 5.92. The van der Waals surface area contributed by atoms with E-state index in [2.05, 4.69) is 52.1 Å². The van der Waals surface area contributed by atoms with Gasteiger partial charge in [0.05, 0.1) is 14.2 Å². The number of methoxy groups -OCH3 is 2. The molecule has 0 amide bonds. The summed E-state index contributed by atoms with van der Waals surface area (Å²) in [4.78, 5) is 8.60. The molecule has 3 rings (SSSR count). The Labute approximate surface area is 177 Å². The molecule has 158 valence electrons. The van der Waals surface area contributed by atoms with Crippen molar-refractivity contribution in [3.8, 4) is 11.5 Å². The largest absolute Gasteiger partial charge is 0.497 e. The average molecular weight is 417 g/mol. The molecule has 0 spiro atoms. The molecule has 7 heteroatoms. The number of hydrogen-bond acceptors (Lipinski definition) is 5. The summed E-state index contributed by atoms with van der Waals surface area (Å²) in [5.41, 5.74) is 1.21. The molecule has 0 saturated carbocycles. The van der Waals surface area contributed by atoms with Crippen LogP contribution in [0.2, 0.25) is 0 Å². The van der Waals surface area contributed by atoms with Crippen molar-refractivity contribution in [1.82, 2.24) is 15.5 Å². The molecule has 29 heavy (non-hydrogen) atoms. The molecule has 1 atom stereocenters. The Bertz CT molecular complexity index is 757. The Morgan fingerprint density at radius 3 is 2.69 bits per heavy atom. The summed E-state index contributed by atoms with van der Waals surface area (Å²) in [6, 6.07) is 10.7. The van der Waals surface area contributed by atoms with E-state index in [9.17, 15) is 0 Å². The van der Waals surface area contributed by atoms with Crippen molar-refractivity contribution in [3.63, 3.8) is 0 Å². The van der Waals surface area contributed by atoms with Crippen LogP contribution in [0.15, 0.2) is 40.7 Å². The molecule has 1 aromatic heterocycles. The van der Waals surface area contributed by atoms with Crippen LogP contribution in [0.5, 0.6) is 11.5 Å². The van der Waals surface area contributed by atoms with Crippen molar-refractivity contribution in [3.05, 3.63) is 46.2 Å². The number of likely N-dealkylation sites (tertiary alicyclic amines) is 1. The van der Waals surface area contributed by atoms with Crippen molar-refractivity contribution in [2.75, 3.05) is 40.4 Å². The van der Waals surface area contributed by atoms with Gasteiger partial charge in [-0.3, -0.25) is 9.89 Å². The van der Waals surface area contributed by atoms with Gasteiger partial charge in [0.25, 0.3) is 0 Å².